The molecule has 15 heavy (non-hydrogen) atoms. The minimum Gasteiger partial charge on any atom is -0.378 e. The maximum absolute atomic E-state index is 11.3. The van der Waals surface area contributed by atoms with Crippen LogP contribution < -0.4 is 5.73 Å². The van der Waals surface area contributed by atoms with Gasteiger partial charge >= 0.3 is 0 Å². The molecule has 1 aliphatic rings. The molecule has 0 fully saturated rings. The van der Waals surface area contributed by atoms with Crippen LogP contribution in [-0.4, -0.2) is 11.1 Å². The molecule has 1 aliphatic heterocycles. The summed E-state index contributed by atoms with van der Waals surface area (Å²) >= 11 is 4.54. The first-order chi connectivity index (χ1) is 7.15. The smallest absolute Gasteiger partial charge is 0.286 e. The van der Waals surface area contributed by atoms with Gasteiger partial charge in [-0.3, -0.25) is 4.79 Å². The Morgan fingerprint density at radius 1 is 1.33 bits per heavy atom. The lowest BCUT2D eigenvalue weighted by Gasteiger charge is -1.95. The van der Waals surface area contributed by atoms with Gasteiger partial charge < -0.3 is 5.73 Å². The molecule has 0 radical (unpaired) electrons. The summed E-state index contributed by atoms with van der Waals surface area (Å²) in [6, 6.07) is 7.67. The molecular formula is C10H7BrN2OS. The second kappa shape index (κ2) is 4.20. The normalized spacial score (nSPS) is 18.3. The molecule has 2 rings (SSSR count). The molecule has 1 amide bonds. The minimum atomic E-state index is -0.264. The van der Waals surface area contributed by atoms with Crippen LogP contribution in [0.5, 0.6) is 0 Å². The van der Waals surface area contributed by atoms with Crippen LogP contribution in [0, 0.1) is 0 Å². The van der Waals surface area contributed by atoms with Crippen molar-refractivity contribution >= 4 is 44.8 Å². The van der Waals surface area contributed by atoms with Gasteiger partial charge in [-0.05, 0) is 35.5 Å². The number of hydrogen-bond donors (Lipinski definition) is 1. The van der Waals surface area contributed by atoms with Crippen molar-refractivity contribution in [3.63, 3.8) is 0 Å². The zero-order valence-electron chi connectivity index (χ0n) is 7.61. The molecule has 0 saturated carbocycles. The summed E-state index contributed by atoms with van der Waals surface area (Å²) in [5.74, 6) is -0.264. The second-order valence-electron chi connectivity index (χ2n) is 2.92. The van der Waals surface area contributed by atoms with Gasteiger partial charge in [-0.25, -0.2) is 0 Å². The Hall–Kier alpha value is -1.07. The third-order valence-corrected chi connectivity index (χ3v) is 3.15. The van der Waals surface area contributed by atoms with Crippen LogP contribution in [0.15, 0.2) is 38.6 Å². The molecule has 0 aromatic heterocycles. The van der Waals surface area contributed by atoms with Gasteiger partial charge in [0.25, 0.3) is 5.91 Å². The summed E-state index contributed by atoms with van der Waals surface area (Å²) < 4.78 is 1.01. The second-order valence-corrected chi connectivity index (χ2v) is 4.90. The fourth-order valence-electron chi connectivity index (χ4n) is 1.14. The Bertz CT molecular complexity index is 465. The number of amidine groups is 1. The molecule has 3 nitrogen and oxygen atoms in total. The number of hydrogen-bond acceptors (Lipinski definition) is 3. The molecule has 5 heteroatoms. The van der Waals surface area contributed by atoms with Crippen LogP contribution in [0.3, 0.4) is 0 Å². The number of amides is 1. The van der Waals surface area contributed by atoms with Crippen LogP contribution in [0.4, 0.5) is 0 Å². The van der Waals surface area contributed by atoms with E-state index in [1.807, 2.05) is 24.3 Å². The Kier molecular flexibility index (Phi) is 2.93. The number of benzene rings is 1. The average molecular weight is 283 g/mol. The molecule has 2 N–H and O–H groups in total. The SMILES string of the molecule is NC1=NC(=O)/C(=C/c2ccc(Br)cc2)S1. The molecule has 1 aromatic rings. The highest BCUT2D eigenvalue weighted by molar-refractivity contribution is 9.10. The van der Waals surface area contributed by atoms with Crippen LogP contribution in [0.25, 0.3) is 6.08 Å². The van der Waals surface area contributed by atoms with Crippen molar-refractivity contribution in [1.82, 2.24) is 0 Å². The van der Waals surface area contributed by atoms with Crippen molar-refractivity contribution in [1.29, 1.82) is 0 Å². The summed E-state index contributed by atoms with van der Waals surface area (Å²) in [5.41, 5.74) is 6.39. The van der Waals surface area contributed by atoms with E-state index >= 15 is 0 Å². The number of halogens is 1. The fraction of sp³-hybridized carbons (Fsp3) is 0. The highest BCUT2D eigenvalue weighted by Crippen LogP contribution is 2.26. The lowest BCUT2D eigenvalue weighted by atomic mass is 10.2. The van der Waals surface area contributed by atoms with Crippen LogP contribution in [-0.2, 0) is 4.79 Å². The van der Waals surface area contributed by atoms with Crippen molar-refractivity contribution in [3.05, 3.63) is 39.2 Å². The van der Waals surface area contributed by atoms with E-state index in [-0.39, 0.29) is 5.91 Å². The third kappa shape index (κ3) is 2.49. The first-order valence-electron chi connectivity index (χ1n) is 4.19. The predicted octanol–water partition coefficient (Wildman–Crippen LogP) is 2.38. The Labute approximate surface area is 99.6 Å². The number of carbonyl (C=O) groups is 1. The predicted molar refractivity (Wildman–Crippen MR) is 66.3 cm³/mol. The molecule has 0 spiro atoms. The highest BCUT2D eigenvalue weighted by atomic mass is 79.9. The fourth-order valence-corrected chi connectivity index (χ4v) is 2.08. The van der Waals surface area contributed by atoms with Crippen molar-refractivity contribution in [3.8, 4) is 0 Å². The van der Waals surface area contributed by atoms with Gasteiger partial charge in [-0.1, -0.05) is 28.1 Å². The Balaban J connectivity index is 2.25. The van der Waals surface area contributed by atoms with E-state index in [0.29, 0.717) is 10.1 Å². The summed E-state index contributed by atoms with van der Waals surface area (Å²) in [4.78, 5) is 15.5. The largest absolute Gasteiger partial charge is 0.378 e. The zero-order valence-corrected chi connectivity index (χ0v) is 10.0. The first-order valence-corrected chi connectivity index (χ1v) is 5.80. The third-order valence-electron chi connectivity index (χ3n) is 1.80. The van der Waals surface area contributed by atoms with Gasteiger partial charge in [0.1, 0.15) is 0 Å². The van der Waals surface area contributed by atoms with E-state index in [9.17, 15) is 4.79 Å². The van der Waals surface area contributed by atoms with Gasteiger partial charge in [0.05, 0.1) is 4.91 Å². The summed E-state index contributed by atoms with van der Waals surface area (Å²) in [5, 5.41) is 0.309. The average Bonchev–Trinajstić information content (AvgIpc) is 2.49. The van der Waals surface area contributed by atoms with Crippen LogP contribution >= 0.6 is 27.7 Å². The van der Waals surface area contributed by atoms with Crippen LogP contribution in [0.2, 0.25) is 0 Å². The van der Waals surface area contributed by atoms with Crippen molar-refractivity contribution in [2.45, 2.75) is 0 Å². The maximum Gasteiger partial charge on any atom is 0.286 e. The van der Waals surface area contributed by atoms with E-state index in [1.165, 1.54) is 11.8 Å². The minimum absolute atomic E-state index is 0.264. The van der Waals surface area contributed by atoms with Gasteiger partial charge in [0.2, 0.25) is 0 Å². The molecule has 0 atom stereocenters. The molecule has 1 heterocycles. The van der Waals surface area contributed by atoms with Gasteiger partial charge in [-0.2, -0.15) is 4.99 Å². The van der Waals surface area contributed by atoms with Crippen molar-refractivity contribution in [2.24, 2.45) is 10.7 Å². The number of nitrogens with two attached hydrogens (primary N) is 1. The number of aliphatic imine (C=N–C) groups is 1. The summed E-state index contributed by atoms with van der Waals surface area (Å²) in [6.07, 6.45) is 1.78. The van der Waals surface area contributed by atoms with Gasteiger partial charge in [0, 0.05) is 4.47 Å². The lowest BCUT2D eigenvalue weighted by molar-refractivity contribution is -0.113. The number of carbonyl (C=O) groups excluding carboxylic acids is 1. The number of rotatable bonds is 1. The summed E-state index contributed by atoms with van der Waals surface area (Å²) in [6.45, 7) is 0. The molecule has 0 aliphatic carbocycles. The van der Waals surface area contributed by atoms with Crippen molar-refractivity contribution < 1.29 is 4.79 Å². The number of nitrogens with zero attached hydrogens (tertiary/aromatic N) is 1. The van der Waals surface area contributed by atoms with E-state index < -0.39 is 0 Å². The zero-order chi connectivity index (χ0) is 10.8. The quantitative estimate of drug-likeness (QED) is 0.805. The Morgan fingerprint density at radius 3 is 2.53 bits per heavy atom. The number of thioether (sulfide) groups is 1. The van der Waals surface area contributed by atoms with Gasteiger partial charge in [-0.15, -0.1) is 0 Å². The summed E-state index contributed by atoms with van der Waals surface area (Å²) in [7, 11) is 0. The van der Waals surface area contributed by atoms with Gasteiger partial charge in [0.15, 0.2) is 5.17 Å². The van der Waals surface area contributed by atoms with Crippen LogP contribution in [0.1, 0.15) is 5.56 Å². The molecule has 76 valence electrons. The standard InChI is InChI=1S/C10H7BrN2OS/c11-7-3-1-6(2-4-7)5-8-9(14)13-10(12)15-8/h1-5H,(H2,12,13,14)/b8-5-. The van der Waals surface area contributed by atoms with E-state index in [4.69, 9.17) is 5.73 Å². The molecule has 1 aromatic carbocycles. The molecule has 0 unspecified atom stereocenters. The monoisotopic (exact) mass is 282 g/mol. The maximum atomic E-state index is 11.3. The van der Waals surface area contributed by atoms with E-state index in [0.717, 1.165) is 10.0 Å². The Morgan fingerprint density at radius 2 is 2.00 bits per heavy atom. The lowest BCUT2D eigenvalue weighted by Crippen LogP contribution is -2.01. The van der Waals surface area contributed by atoms with E-state index in [2.05, 4.69) is 20.9 Å². The molecular weight excluding hydrogens is 276 g/mol. The first kappa shape index (κ1) is 10.4. The highest BCUT2D eigenvalue weighted by Gasteiger charge is 2.18. The van der Waals surface area contributed by atoms with Crippen molar-refractivity contribution in [2.75, 3.05) is 0 Å². The topological polar surface area (TPSA) is 55.4 Å². The molecule has 0 saturated heterocycles. The van der Waals surface area contributed by atoms with E-state index in [1.54, 1.807) is 6.08 Å². The molecule has 0 bridgehead atoms.